The van der Waals surface area contributed by atoms with E-state index in [9.17, 15) is 9.59 Å². The zero-order valence-electron chi connectivity index (χ0n) is 27.0. The third-order valence-corrected chi connectivity index (χ3v) is 7.74. The molecule has 2 heterocycles. The second-order valence-corrected chi connectivity index (χ2v) is 10.6. The van der Waals surface area contributed by atoms with Crippen molar-refractivity contribution in [2.45, 2.75) is 27.7 Å². The van der Waals surface area contributed by atoms with Crippen molar-refractivity contribution in [2.24, 2.45) is 24.1 Å². The number of hydrogen-bond donors (Lipinski definition) is 0. The van der Waals surface area contributed by atoms with E-state index in [1.807, 2.05) is 160 Å². The summed E-state index contributed by atoms with van der Waals surface area (Å²) in [4.78, 5) is 37.0. The molecule has 0 atom stereocenters. The number of rotatable bonds is 8. The van der Waals surface area contributed by atoms with Crippen molar-refractivity contribution in [1.29, 1.82) is 0 Å². The van der Waals surface area contributed by atoms with Gasteiger partial charge in [0.25, 0.3) is 11.1 Å². The number of benzene rings is 3. The molecule has 0 spiro atoms. The monoisotopic (exact) mass is 713 g/mol. The van der Waals surface area contributed by atoms with Crippen LogP contribution in [0.2, 0.25) is 0 Å². The van der Waals surface area contributed by atoms with Crippen molar-refractivity contribution in [1.82, 2.24) is 18.7 Å². The average Bonchev–Trinajstić information content (AvgIpc) is 3.38. The van der Waals surface area contributed by atoms with Gasteiger partial charge in [0.15, 0.2) is 11.4 Å². The smallest absolute Gasteiger partial charge is 1.00 e. The maximum atomic E-state index is 13.6. The topological polar surface area (TPSA) is 78.6 Å². The van der Waals surface area contributed by atoms with Crippen LogP contribution in [-0.2, 0) is 30.9 Å². The fourth-order valence-corrected chi connectivity index (χ4v) is 5.14. The van der Waals surface area contributed by atoms with Crippen LogP contribution in [0.1, 0.15) is 30.8 Å². The van der Waals surface area contributed by atoms with Crippen molar-refractivity contribution in [3.05, 3.63) is 146 Å². The molecule has 3 aromatic carbocycles. The molecule has 0 saturated heterocycles. The summed E-state index contributed by atoms with van der Waals surface area (Å²) in [6, 6.07) is 29.0. The summed E-state index contributed by atoms with van der Waals surface area (Å²) in [6.07, 6.45) is 5.85. The Morgan fingerprint density at radius 3 is 1.36 bits per heavy atom. The Hall–Kier alpha value is -4.41. The second-order valence-electron chi connectivity index (χ2n) is 10.6. The Labute approximate surface area is 297 Å². The van der Waals surface area contributed by atoms with Gasteiger partial charge in [0.05, 0.1) is 22.8 Å². The quantitative estimate of drug-likeness (QED) is 0.177. The van der Waals surface area contributed by atoms with Gasteiger partial charge in [-0.3, -0.25) is 19.0 Å². The number of aromatic nitrogens is 4. The van der Waals surface area contributed by atoms with Crippen LogP contribution in [0, 0.1) is 13.8 Å². The van der Waals surface area contributed by atoms with Crippen molar-refractivity contribution >= 4 is 28.9 Å². The summed E-state index contributed by atoms with van der Waals surface area (Å²) in [5.74, 6) is 0. The van der Waals surface area contributed by atoms with Gasteiger partial charge in [-0.2, -0.15) is 0 Å². The summed E-state index contributed by atoms with van der Waals surface area (Å²) < 4.78 is 6.84. The molecule has 0 aliphatic rings. The minimum Gasteiger partial charge on any atom is -1.00 e. The third kappa shape index (κ3) is 8.12. The number of para-hydroxylation sites is 2. The second kappa shape index (κ2) is 16.9. The molecule has 11 heteroatoms. The van der Waals surface area contributed by atoms with E-state index in [4.69, 9.17) is 9.98 Å². The minimum absolute atomic E-state index is 0. The molecule has 0 fully saturated rings. The largest absolute Gasteiger partial charge is 2.00 e. The first-order valence-corrected chi connectivity index (χ1v) is 14.4. The Bertz CT molecular complexity index is 1930. The van der Waals surface area contributed by atoms with Gasteiger partial charge < -0.3 is 24.8 Å². The van der Waals surface area contributed by atoms with Gasteiger partial charge in [-0.05, 0) is 57.5 Å². The fourth-order valence-electron chi connectivity index (χ4n) is 5.14. The van der Waals surface area contributed by atoms with Crippen LogP contribution in [-0.4, -0.2) is 30.2 Å². The van der Waals surface area contributed by atoms with E-state index in [-0.39, 0.29) is 52.7 Å². The van der Waals surface area contributed by atoms with Crippen molar-refractivity contribution in [2.75, 3.05) is 0 Å². The van der Waals surface area contributed by atoms with Crippen LogP contribution in [0.15, 0.2) is 128 Å². The van der Waals surface area contributed by atoms with Gasteiger partial charge in [0.1, 0.15) is 0 Å². The predicted octanol–water partition coefficient (Wildman–Crippen LogP) is 0.813. The molecule has 0 amide bonds. The number of nitrogens with zero attached hydrogens (tertiary/aromatic N) is 6. The van der Waals surface area contributed by atoms with Gasteiger partial charge in [-0.1, -0.05) is 85.0 Å². The normalized spacial score (nSPS) is 11.4. The number of allylic oxidation sites excluding steroid dienone is 3. The summed E-state index contributed by atoms with van der Waals surface area (Å²) in [5.41, 5.74) is 6.21. The molecule has 5 aromatic rings. The van der Waals surface area contributed by atoms with Crippen LogP contribution in [0.4, 0.5) is 11.4 Å². The van der Waals surface area contributed by atoms with Crippen LogP contribution < -0.4 is 35.9 Å². The summed E-state index contributed by atoms with van der Waals surface area (Å²) in [7, 11) is 3.69. The number of hydrogen-bond acceptors (Lipinski definition) is 4. The number of aliphatic imine (C=N–C) groups is 2. The van der Waals surface area contributed by atoms with E-state index in [2.05, 4.69) is 0 Å². The Morgan fingerprint density at radius 2 is 0.979 bits per heavy atom. The van der Waals surface area contributed by atoms with Crippen LogP contribution in [0.5, 0.6) is 0 Å². The third-order valence-electron chi connectivity index (χ3n) is 7.74. The van der Waals surface area contributed by atoms with Crippen LogP contribution in [0.25, 0.3) is 17.5 Å². The summed E-state index contributed by atoms with van der Waals surface area (Å²) in [6.45, 7) is 7.48. The van der Waals surface area contributed by atoms with Gasteiger partial charge in [-0.25, -0.2) is 19.3 Å². The molecule has 0 bridgehead atoms. The molecule has 0 saturated carbocycles. The van der Waals surface area contributed by atoms with E-state index >= 15 is 0 Å². The maximum Gasteiger partial charge on any atom is 2.00 e. The van der Waals surface area contributed by atoms with E-state index in [1.165, 1.54) is 0 Å². The first kappa shape index (κ1) is 38.8. The Balaban J connectivity index is 0.00000256. The summed E-state index contributed by atoms with van der Waals surface area (Å²) in [5, 5.41) is 0. The van der Waals surface area contributed by atoms with Gasteiger partial charge >= 0.3 is 16.8 Å². The molecular weight excluding hydrogens is 678 g/mol. The molecule has 0 N–H and O–H groups in total. The average molecular weight is 715 g/mol. The molecule has 5 rings (SSSR count). The van der Waals surface area contributed by atoms with Gasteiger partial charge in [-0.15, -0.1) is 0 Å². The maximum absolute atomic E-state index is 13.6. The Kier molecular flexibility index (Phi) is 14.0. The standard InChI is InChI=1S/C36H36N6O2.2ClH.Co/c1-25(37-33-27(3)39(5)41(35(33)43)30-20-12-8-13-21-30)32(24-16-19-29-17-10-7-11-18-29)26(2)38-34-28(4)40(6)42(36(34)44)31-22-14-9-15-23-31;;;/h7-24H,1-6H3;2*1H;/q;;;+2/p-2/b19-16+,32-24?,37-25?,38-26?;;;. The first-order valence-electron chi connectivity index (χ1n) is 14.4. The molecule has 1 radical (unpaired) electrons. The fraction of sp³-hybridized carbons (Fsp3) is 0.167. The van der Waals surface area contributed by atoms with Gasteiger partial charge in [0.2, 0.25) is 0 Å². The van der Waals surface area contributed by atoms with E-state index in [1.54, 1.807) is 9.36 Å². The SMILES string of the molecule is CC(=Nc1c(C)n(C)n(-c2ccccc2)c1=O)C(=C/C=C/c1ccccc1)C(C)=Nc1c(C)n(C)n(-c2ccccc2)c1=O.[Cl-].[Cl-].[Co+2]. The van der Waals surface area contributed by atoms with Crippen LogP contribution in [0.3, 0.4) is 0 Å². The molecule has 8 nitrogen and oxygen atoms in total. The Morgan fingerprint density at radius 1 is 0.617 bits per heavy atom. The van der Waals surface area contributed by atoms with Crippen molar-refractivity contribution < 1.29 is 41.6 Å². The minimum atomic E-state index is -0.214. The van der Waals surface area contributed by atoms with Crippen LogP contribution >= 0.6 is 0 Å². The predicted molar refractivity (Wildman–Crippen MR) is 181 cm³/mol. The van der Waals surface area contributed by atoms with E-state index in [0.29, 0.717) is 28.4 Å². The number of halogens is 2. The molecule has 0 aliphatic carbocycles. The molecule has 47 heavy (non-hydrogen) atoms. The molecule has 2 aromatic heterocycles. The molecule has 245 valence electrons. The zero-order chi connectivity index (χ0) is 31.4. The zero-order valence-corrected chi connectivity index (χ0v) is 29.5. The van der Waals surface area contributed by atoms with E-state index < -0.39 is 0 Å². The first-order chi connectivity index (χ1) is 21.2. The summed E-state index contributed by atoms with van der Waals surface area (Å²) >= 11 is 0. The van der Waals surface area contributed by atoms with Crippen molar-refractivity contribution in [3.63, 3.8) is 0 Å². The molecular formula is C36H36Cl2CoN6O2. The van der Waals surface area contributed by atoms with Gasteiger partial charge in [0, 0.05) is 31.1 Å². The molecule has 0 unspecified atom stereocenters. The molecule has 0 aliphatic heterocycles. The van der Waals surface area contributed by atoms with Crippen molar-refractivity contribution in [3.8, 4) is 11.4 Å². The van der Waals surface area contributed by atoms with E-state index in [0.717, 1.165) is 28.3 Å².